The average molecular weight is 533 g/mol. The van der Waals surface area contributed by atoms with E-state index in [9.17, 15) is 19.2 Å². The molecule has 0 radical (unpaired) electrons. The number of carbonyl (C=O) groups excluding carboxylic acids is 4. The SMILES string of the molecule is CCOC(=O)C(Cc1ccc(-c2ccc(N3CCNC3=O)cc2)n1-c1ccc(C(N)=O)cc1C)OC(=O)CC. The number of aryl methyl sites for hydroxylation is 1. The van der Waals surface area contributed by atoms with Crippen molar-refractivity contribution in [2.24, 2.45) is 5.73 Å². The van der Waals surface area contributed by atoms with Gasteiger partial charge in [0.1, 0.15) is 0 Å². The molecule has 1 unspecified atom stereocenters. The van der Waals surface area contributed by atoms with E-state index >= 15 is 0 Å². The first-order chi connectivity index (χ1) is 18.7. The molecule has 1 aliphatic rings. The minimum absolute atomic E-state index is 0.0770. The maximum absolute atomic E-state index is 12.7. The summed E-state index contributed by atoms with van der Waals surface area (Å²) in [5.74, 6) is -1.66. The molecule has 0 saturated carbocycles. The van der Waals surface area contributed by atoms with Gasteiger partial charge in [-0.3, -0.25) is 14.5 Å². The average Bonchev–Trinajstić information content (AvgIpc) is 3.54. The lowest BCUT2D eigenvalue weighted by Crippen LogP contribution is -2.32. The third-order valence-corrected chi connectivity index (χ3v) is 6.52. The van der Waals surface area contributed by atoms with E-state index < -0.39 is 23.9 Å². The molecule has 1 fully saturated rings. The Kier molecular flexibility index (Phi) is 8.33. The molecule has 1 atom stereocenters. The number of ether oxygens (including phenoxy) is 2. The van der Waals surface area contributed by atoms with Gasteiger partial charge in [0.05, 0.1) is 12.3 Å². The van der Waals surface area contributed by atoms with Crippen molar-refractivity contribution in [1.29, 1.82) is 0 Å². The van der Waals surface area contributed by atoms with E-state index in [-0.39, 0.29) is 25.5 Å². The zero-order valence-electron chi connectivity index (χ0n) is 22.2. The Balaban J connectivity index is 1.79. The molecule has 3 amide bonds. The molecular weight excluding hydrogens is 500 g/mol. The zero-order chi connectivity index (χ0) is 28.1. The van der Waals surface area contributed by atoms with Crippen molar-refractivity contribution in [2.45, 2.75) is 39.7 Å². The van der Waals surface area contributed by atoms with Crippen LogP contribution in [0.1, 0.15) is 41.9 Å². The standard InChI is InChI=1S/C29H32N4O6/c1-4-26(34)39-25(28(36)38-5-2)17-22-11-13-24(33(22)23-12-8-20(27(30)35)16-18(23)3)19-6-9-21(10-7-19)32-15-14-31-29(32)37/h6-13,16,25H,4-5,14-15,17H2,1-3H3,(H2,30,35)(H,31,37). The molecule has 39 heavy (non-hydrogen) atoms. The lowest BCUT2D eigenvalue weighted by Gasteiger charge is -2.21. The number of aromatic nitrogens is 1. The predicted molar refractivity (Wildman–Crippen MR) is 146 cm³/mol. The van der Waals surface area contributed by atoms with Crippen LogP contribution in [0.25, 0.3) is 16.9 Å². The van der Waals surface area contributed by atoms with E-state index in [0.29, 0.717) is 24.3 Å². The molecule has 204 valence electrons. The lowest BCUT2D eigenvalue weighted by molar-refractivity contribution is -0.167. The van der Waals surface area contributed by atoms with Gasteiger partial charge < -0.3 is 25.1 Å². The number of hydrogen-bond acceptors (Lipinski definition) is 6. The Morgan fingerprint density at radius 1 is 1.05 bits per heavy atom. The number of rotatable bonds is 10. The molecule has 0 bridgehead atoms. The molecule has 0 spiro atoms. The second kappa shape index (κ2) is 11.8. The van der Waals surface area contributed by atoms with Crippen molar-refractivity contribution in [2.75, 3.05) is 24.6 Å². The Morgan fingerprint density at radius 2 is 1.79 bits per heavy atom. The highest BCUT2D eigenvalue weighted by molar-refractivity contribution is 5.94. The summed E-state index contributed by atoms with van der Waals surface area (Å²) in [4.78, 5) is 50.3. The highest BCUT2D eigenvalue weighted by Gasteiger charge is 2.27. The minimum atomic E-state index is -1.12. The number of anilines is 1. The highest BCUT2D eigenvalue weighted by Crippen LogP contribution is 2.31. The Labute approximate surface area is 226 Å². The summed E-state index contributed by atoms with van der Waals surface area (Å²) in [6, 6.07) is 16.4. The quantitative estimate of drug-likeness (QED) is 0.384. The molecule has 1 saturated heterocycles. The van der Waals surface area contributed by atoms with Gasteiger partial charge in [0.2, 0.25) is 12.0 Å². The molecule has 4 rings (SSSR count). The fourth-order valence-corrected chi connectivity index (χ4v) is 4.58. The van der Waals surface area contributed by atoms with Crippen LogP contribution in [0.4, 0.5) is 10.5 Å². The van der Waals surface area contributed by atoms with Crippen molar-refractivity contribution in [3.05, 3.63) is 71.4 Å². The van der Waals surface area contributed by atoms with Crippen molar-refractivity contribution >= 4 is 29.6 Å². The summed E-state index contributed by atoms with van der Waals surface area (Å²) in [6.45, 7) is 6.55. The maximum atomic E-state index is 12.7. The third-order valence-electron chi connectivity index (χ3n) is 6.52. The van der Waals surface area contributed by atoms with Crippen molar-refractivity contribution in [1.82, 2.24) is 9.88 Å². The Hall–Kier alpha value is -4.60. The molecular formula is C29H32N4O6. The van der Waals surface area contributed by atoms with E-state index in [4.69, 9.17) is 15.2 Å². The number of benzene rings is 2. The number of nitrogens with one attached hydrogen (secondary N) is 1. The summed E-state index contributed by atoms with van der Waals surface area (Å²) in [5, 5.41) is 2.80. The van der Waals surface area contributed by atoms with Crippen LogP contribution in [0.15, 0.2) is 54.6 Å². The molecule has 1 aromatic heterocycles. The molecule has 3 aromatic rings. The number of carbonyl (C=O) groups is 4. The number of nitrogens with zero attached hydrogens (tertiary/aromatic N) is 2. The molecule has 1 aliphatic heterocycles. The Bertz CT molecular complexity index is 1400. The van der Waals surface area contributed by atoms with Crippen LogP contribution in [-0.4, -0.2) is 54.2 Å². The van der Waals surface area contributed by atoms with E-state index in [0.717, 1.165) is 28.2 Å². The van der Waals surface area contributed by atoms with E-state index in [1.165, 1.54) is 0 Å². The number of hydrogen-bond donors (Lipinski definition) is 2. The summed E-state index contributed by atoms with van der Waals surface area (Å²) in [5.41, 5.74) is 10.6. The van der Waals surface area contributed by atoms with Gasteiger partial charge in [-0.1, -0.05) is 19.1 Å². The maximum Gasteiger partial charge on any atom is 0.347 e. The summed E-state index contributed by atoms with van der Waals surface area (Å²) in [7, 11) is 0. The molecule has 10 heteroatoms. The first-order valence-corrected chi connectivity index (χ1v) is 12.9. The predicted octanol–water partition coefficient (Wildman–Crippen LogP) is 3.51. The minimum Gasteiger partial charge on any atom is -0.463 e. The fraction of sp³-hybridized carbons (Fsp3) is 0.310. The van der Waals surface area contributed by atoms with Gasteiger partial charge in [-0.15, -0.1) is 0 Å². The Morgan fingerprint density at radius 3 is 2.38 bits per heavy atom. The number of nitrogens with two attached hydrogens (primary N) is 1. The number of urea groups is 1. The highest BCUT2D eigenvalue weighted by atomic mass is 16.6. The second-order valence-corrected chi connectivity index (χ2v) is 9.13. The number of amides is 3. The smallest absolute Gasteiger partial charge is 0.347 e. The van der Waals surface area contributed by atoms with E-state index in [1.807, 2.05) is 47.9 Å². The largest absolute Gasteiger partial charge is 0.463 e. The number of esters is 2. The molecule has 0 aliphatic carbocycles. The summed E-state index contributed by atoms with van der Waals surface area (Å²) in [6.07, 6.45) is -0.926. The van der Waals surface area contributed by atoms with Gasteiger partial charge in [0.25, 0.3) is 0 Å². The van der Waals surface area contributed by atoms with Crippen LogP contribution < -0.4 is 16.0 Å². The van der Waals surface area contributed by atoms with Crippen LogP contribution in [0, 0.1) is 6.92 Å². The monoisotopic (exact) mass is 532 g/mol. The van der Waals surface area contributed by atoms with Gasteiger partial charge in [-0.25, -0.2) is 9.59 Å². The zero-order valence-corrected chi connectivity index (χ0v) is 22.2. The topological polar surface area (TPSA) is 133 Å². The first-order valence-electron chi connectivity index (χ1n) is 12.9. The van der Waals surface area contributed by atoms with Crippen LogP contribution >= 0.6 is 0 Å². The summed E-state index contributed by atoms with van der Waals surface area (Å²) >= 11 is 0. The normalized spacial score (nSPS) is 13.6. The van der Waals surface area contributed by atoms with E-state index in [1.54, 1.807) is 36.9 Å². The fourth-order valence-electron chi connectivity index (χ4n) is 4.58. The van der Waals surface area contributed by atoms with Crippen molar-refractivity contribution < 1.29 is 28.7 Å². The molecule has 2 aromatic carbocycles. The van der Waals surface area contributed by atoms with Gasteiger partial charge in [0.15, 0.2) is 0 Å². The second-order valence-electron chi connectivity index (χ2n) is 9.13. The van der Waals surface area contributed by atoms with Crippen LogP contribution in [0.3, 0.4) is 0 Å². The number of primary amides is 1. The van der Waals surface area contributed by atoms with Crippen molar-refractivity contribution in [3.8, 4) is 16.9 Å². The van der Waals surface area contributed by atoms with Gasteiger partial charge in [0, 0.05) is 48.6 Å². The van der Waals surface area contributed by atoms with Gasteiger partial charge in [-0.2, -0.15) is 0 Å². The van der Waals surface area contributed by atoms with E-state index in [2.05, 4.69) is 5.32 Å². The van der Waals surface area contributed by atoms with Crippen LogP contribution in [0.2, 0.25) is 0 Å². The summed E-state index contributed by atoms with van der Waals surface area (Å²) < 4.78 is 12.6. The molecule has 10 nitrogen and oxygen atoms in total. The first kappa shape index (κ1) is 27.4. The van der Waals surface area contributed by atoms with Crippen molar-refractivity contribution in [3.63, 3.8) is 0 Å². The molecule has 3 N–H and O–H groups in total. The van der Waals surface area contributed by atoms with Crippen LogP contribution in [-0.2, 0) is 25.5 Å². The van der Waals surface area contributed by atoms with Gasteiger partial charge >= 0.3 is 18.0 Å². The van der Waals surface area contributed by atoms with Gasteiger partial charge in [-0.05, 0) is 67.4 Å². The third kappa shape index (κ3) is 5.95. The lowest BCUT2D eigenvalue weighted by atomic mass is 10.1. The van der Waals surface area contributed by atoms with Crippen LogP contribution in [0.5, 0.6) is 0 Å². The molecule has 2 heterocycles.